The zero-order valence-corrected chi connectivity index (χ0v) is 17.1. The molecule has 0 atom stereocenters. The van der Waals surface area contributed by atoms with Gasteiger partial charge in [0.05, 0.1) is 24.2 Å². The molecule has 152 valence electrons. The first-order valence-corrected chi connectivity index (χ1v) is 9.74. The van der Waals surface area contributed by atoms with E-state index in [1.807, 2.05) is 62.4 Å². The number of ether oxygens (including phenoxy) is 2. The van der Waals surface area contributed by atoms with Crippen LogP contribution in [0.5, 0.6) is 11.5 Å². The van der Waals surface area contributed by atoms with Gasteiger partial charge in [0.1, 0.15) is 5.82 Å². The Labute approximate surface area is 174 Å². The first-order valence-electron chi connectivity index (χ1n) is 9.74. The van der Waals surface area contributed by atoms with Crippen LogP contribution in [-0.2, 0) is 0 Å². The van der Waals surface area contributed by atoms with Gasteiger partial charge in [-0.1, -0.05) is 24.3 Å². The number of hydrogen-bond donors (Lipinski definition) is 2. The number of imidazole rings is 1. The summed E-state index contributed by atoms with van der Waals surface area (Å²) in [5.74, 6) is 1.65. The number of carbonyl (C=O) groups excluding carboxylic acids is 1. The van der Waals surface area contributed by atoms with Gasteiger partial charge < -0.3 is 19.8 Å². The molecule has 0 saturated carbocycles. The number of aromatic amines is 1. The summed E-state index contributed by atoms with van der Waals surface area (Å²) in [6, 6.07) is 20.6. The van der Waals surface area contributed by atoms with E-state index in [9.17, 15) is 4.79 Å². The molecule has 0 aliphatic carbocycles. The molecule has 2 N–H and O–H groups in total. The minimum atomic E-state index is -0.230. The number of carbonyl (C=O) groups is 1. The molecule has 4 rings (SSSR count). The zero-order valence-electron chi connectivity index (χ0n) is 17.1. The number of anilines is 1. The largest absolute Gasteiger partial charge is 0.493 e. The Morgan fingerprint density at radius 1 is 1.00 bits per heavy atom. The van der Waals surface area contributed by atoms with Crippen LogP contribution in [-0.4, -0.2) is 29.1 Å². The van der Waals surface area contributed by atoms with E-state index in [0.717, 1.165) is 22.4 Å². The second kappa shape index (κ2) is 8.29. The molecule has 0 aliphatic heterocycles. The molecule has 0 unspecified atom stereocenters. The number of nitrogens with zero attached hydrogens (tertiary/aromatic N) is 1. The zero-order chi connectivity index (χ0) is 21.1. The van der Waals surface area contributed by atoms with Crippen molar-refractivity contribution < 1.29 is 14.3 Å². The molecule has 1 amide bonds. The van der Waals surface area contributed by atoms with Crippen LogP contribution in [0.25, 0.3) is 22.4 Å². The first-order chi connectivity index (χ1) is 14.5. The molecule has 0 saturated heterocycles. The summed E-state index contributed by atoms with van der Waals surface area (Å²) >= 11 is 0. The van der Waals surface area contributed by atoms with E-state index in [-0.39, 0.29) is 12.0 Å². The third-order valence-corrected chi connectivity index (χ3v) is 4.57. The molecule has 0 bridgehead atoms. The number of nitrogens with one attached hydrogen (secondary N) is 2. The SMILES string of the molecule is COc1cc(C(=O)Nc2cccc(-c3nc4ccccc4[nH]3)c2)ccc1OC(C)C. The number of methoxy groups -OCH3 is 1. The van der Waals surface area contributed by atoms with Gasteiger partial charge in [0, 0.05) is 16.8 Å². The highest BCUT2D eigenvalue weighted by atomic mass is 16.5. The monoisotopic (exact) mass is 401 g/mol. The van der Waals surface area contributed by atoms with E-state index >= 15 is 0 Å². The van der Waals surface area contributed by atoms with E-state index in [2.05, 4.69) is 15.3 Å². The minimum absolute atomic E-state index is 0.0135. The predicted molar refractivity (Wildman–Crippen MR) is 118 cm³/mol. The molecular weight excluding hydrogens is 378 g/mol. The fraction of sp³-hybridized carbons (Fsp3) is 0.167. The van der Waals surface area contributed by atoms with E-state index in [4.69, 9.17) is 9.47 Å². The van der Waals surface area contributed by atoms with Crippen molar-refractivity contribution >= 4 is 22.6 Å². The number of aromatic nitrogens is 2. The van der Waals surface area contributed by atoms with Crippen LogP contribution in [0.1, 0.15) is 24.2 Å². The summed E-state index contributed by atoms with van der Waals surface area (Å²) in [5, 5.41) is 2.94. The van der Waals surface area contributed by atoms with E-state index in [1.54, 1.807) is 25.3 Å². The highest BCUT2D eigenvalue weighted by Crippen LogP contribution is 2.29. The highest BCUT2D eigenvalue weighted by molar-refractivity contribution is 6.05. The van der Waals surface area contributed by atoms with Gasteiger partial charge in [0.15, 0.2) is 11.5 Å². The smallest absolute Gasteiger partial charge is 0.255 e. The molecule has 0 fully saturated rings. The van der Waals surface area contributed by atoms with Crippen molar-refractivity contribution in [3.8, 4) is 22.9 Å². The average Bonchev–Trinajstić information content (AvgIpc) is 3.18. The average molecular weight is 401 g/mol. The van der Waals surface area contributed by atoms with Crippen LogP contribution >= 0.6 is 0 Å². The lowest BCUT2D eigenvalue weighted by atomic mass is 10.1. The molecule has 4 aromatic rings. The van der Waals surface area contributed by atoms with E-state index < -0.39 is 0 Å². The summed E-state index contributed by atoms with van der Waals surface area (Å²) in [4.78, 5) is 20.7. The Morgan fingerprint density at radius 3 is 2.60 bits per heavy atom. The van der Waals surface area contributed by atoms with Crippen molar-refractivity contribution in [1.82, 2.24) is 9.97 Å². The maximum absolute atomic E-state index is 12.8. The molecule has 6 nitrogen and oxygen atoms in total. The van der Waals surface area contributed by atoms with Crippen LogP contribution in [0, 0.1) is 0 Å². The Morgan fingerprint density at radius 2 is 1.83 bits per heavy atom. The van der Waals surface area contributed by atoms with Crippen LogP contribution in [0.4, 0.5) is 5.69 Å². The summed E-state index contributed by atoms with van der Waals surface area (Å²) in [6.07, 6.45) is 0.0135. The second-order valence-corrected chi connectivity index (χ2v) is 7.17. The molecule has 0 spiro atoms. The Kier molecular flexibility index (Phi) is 5.39. The molecule has 0 radical (unpaired) electrons. The number of amides is 1. The Bertz CT molecular complexity index is 1160. The molecule has 6 heteroatoms. The van der Waals surface area contributed by atoms with Crippen molar-refractivity contribution in [3.05, 3.63) is 72.3 Å². The fourth-order valence-corrected chi connectivity index (χ4v) is 3.20. The van der Waals surface area contributed by atoms with Crippen molar-refractivity contribution in [2.75, 3.05) is 12.4 Å². The van der Waals surface area contributed by atoms with Gasteiger partial charge >= 0.3 is 0 Å². The minimum Gasteiger partial charge on any atom is -0.493 e. The third-order valence-electron chi connectivity index (χ3n) is 4.57. The number of fused-ring (bicyclic) bond motifs is 1. The van der Waals surface area contributed by atoms with Crippen molar-refractivity contribution in [2.24, 2.45) is 0 Å². The normalized spacial score (nSPS) is 10.9. The fourth-order valence-electron chi connectivity index (χ4n) is 3.20. The van der Waals surface area contributed by atoms with Crippen molar-refractivity contribution in [2.45, 2.75) is 20.0 Å². The predicted octanol–water partition coefficient (Wildman–Crippen LogP) is 5.28. The lowest BCUT2D eigenvalue weighted by Gasteiger charge is -2.14. The maximum Gasteiger partial charge on any atom is 0.255 e. The lowest BCUT2D eigenvalue weighted by molar-refractivity contribution is 0.102. The standard InChI is InChI=1S/C24H23N3O3/c1-15(2)30-21-12-11-17(14-22(21)29-3)24(28)25-18-8-6-7-16(13-18)23-26-19-9-4-5-10-20(19)27-23/h4-15H,1-3H3,(H,25,28)(H,26,27). The van der Waals surface area contributed by atoms with E-state index in [1.165, 1.54) is 0 Å². The topological polar surface area (TPSA) is 76.2 Å². The molecule has 30 heavy (non-hydrogen) atoms. The van der Waals surface area contributed by atoms with Gasteiger partial charge in [-0.05, 0) is 56.3 Å². The van der Waals surface area contributed by atoms with Crippen LogP contribution in [0.3, 0.4) is 0 Å². The lowest BCUT2D eigenvalue weighted by Crippen LogP contribution is -2.13. The number of H-pyrrole nitrogens is 1. The van der Waals surface area contributed by atoms with Gasteiger partial charge in [-0.2, -0.15) is 0 Å². The number of hydrogen-bond acceptors (Lipinski definition) is 4. The number of benzene rings is 3. The maximum atomic E-state index is 12.8. The Hall–Kier alpha value is -3.80. The van der Waals surface area contributed by atoms with Crippen molar-refractivity contribution in [3.63, 3.8) is 0 Å². The summed E-state index contributed by atoms with van der Waals surface area (Å²) in [5.41, 5.74) is 3.93. The quantitative estimate of drug-likeness (QED) is 0.461. The number of para-hydroxylation sites is 2. The molecular formula is C24H23N3O3. The number of rotatable bonds is 6. The Balaban J connectivity index is 1.56. The van der Waals surface area contributed by atoms with Crippen LogP contribution < -0.4 is 14.8 Å². The molecule has 1 aromatic heterocycles. The van der Waals surface area contributed by atoms with E-state index in [0.29, 0.717) is 22.7 Å². The summed E-state index contributed by atoms with van der Waals surface area (Å²) < 4.78 is 11.1. The molecule has 0 aliphatic rings. The molecule has 3 aromatic carbocycles. The van der Waals surface area contributed by atoms with Gasteiger partial charge in [-0.15, -0.1) is 0 Å². The van der Waals surface area contributed by atoms with Crippen molar-refractivity contribution in [1.29, 1.82) is 0 Å². The molecule has 1 heterocycles. The first kappa shape index (κ1) is 19.5. The van der Waals surface area contributed by atoms with Gasteiger partial charge in [0.25, 0.3) is 5.91 Å². The third kappa shape index (κ3) is 4.12. The van der Waals surface area contributed by atoms with Crippen LogP contribution in [0.2, 0.25) is 0 Å². The summed E-state index contributed by atoms with van der Waals surface area (Å²) in [7, 11) is 1.56. The van der Waals surface area contributed by atoms with Gasteiger partial charge in [0.2, 0.25) is 0 Å². The van der Waals surface area contributed by atoms with Gasteiger partial charge in [-0.3, -0.25) is 4.79 Å². The van der Waals surface area contributed by atoms with Crippen LogP contribution in [0.15, 0.2) is 66.7 Å². The summed E-state index contributed by atoms with van der Waals surface area (Å²) in [6.45, 7) is 3.88. The van der Waals surface area contributed by atoms with Gasteiger partial charge in [-0.25, -0.2) is 4.98 Å². The highest BCUT2D eigenvalue weighted by Gasteiger charge is 2.13. The second-order valence-electron chi connectivity index (χ2n) is 7.17.